The number of unbranched alkanes of at least 4 members (excludes halogenated alkanes) is 1. The average molecular weight is 463 g/mol. The van der Waals surface area contributed by atoms with Crippen molar-refractivity contribution >= 4 is 17.1 Å². The van der Waals surface area contributed by atoms with Gasteiger partial charge in [-0.2, -0.15) is 0 Å². The summed E-state index contributed by atoms with van der Waals surface area (Å²) in [5.74, 6) is 0. The summed E-state index contributed by atoms with van der Waals surface area (Å²) in [7, 11) is 0. The highest BCUT2D eigenvalue weighted by Crippen LogP contribution is 2.30. The molecule has 0 saturated carbocycles. The van der Waals surface area contributed by atoms with Gasteiger partial charge in [-0.05, 0) is 65.1 Å². The predicted molar refractivity (Wildman–Crippen MR) is 149 cm³/mol. The zero-order valence-electron chi connectivity index (χ0n) is 20.6. The molecule has 35 heavy (non-hydrogen) atoms. The molecule has 0 aliphatic carbocycles. The Kier molecular flexibility index (Phi) is 7.45. The summed E-state index contributed by atoms with van der Waals surface area (Å²) < 4.78 is 5.47. The van der Waals surface area contributed by atoms with Crippen molar-refractivity contribution in [2.24, 2.45) is 0 Å². The van der Waals surface area contributed by atoms with Crippen LogP contribution in [0.2, 0.25) is 0 Å². The van der Waals surface area contributed by atoms with Crippen LogP contribution in [0.1, 0.15) is 19.8 Å². The molecule has 0 radical (unpaired) electrons. The second-order valence-corrected chi connectivity index (χ2v) is 9.11. The monoisotopic (exact) mass is 462 g/mol. The van der Waals surface area contributed by atoms with Gasteiger partial charge in [0.1, 0.15) is 0 Å². The minimum Gasteiger partial charge on any atom is -0.378 e. The van der Waals surface area contributed by atoms with Crippen molar-refractivity contribution in [3.8, 4) is 22.3 Å². The number of hydrogen-bond donors (Lipinski definition) is 0. The summed E-state index contributed by atoms with van der Waals surface area (Å²) >= 11 is 0. The molecule has 1 heterocycles. The molecule has 1 aliphatic rings. The number of benzene rings is 4. The lowest BCUT2D eigenvalue weighted by Gasteiger charge is -2.28. The molecule has 4 aromatic rings. The molecule has 0 spiro atoms. The lowest BCUT2D eigenvalue weighted by Crippen LogP contribution is -2.36. The van der Waals surface area contributed by atoms with Crippen LogP contribution in [0.25, 0.3) is 22.3 Å². The molecule has 3 nitrogen and oxygen atoms in total. The van der Waals surface area contributed by atoms with E-state index in [-0.39, 0.29) is 0 Å². The summed E-state index contributed by atoms with van der Waals surface area (Å²) in [4.78, 5) is 4.80. The van der Waals surface area contributed by atoms with E-state index in [0.29, 0.717) is 0 Å². The zero-order valence-corrected chi connectivity index (χ0v) is 20.6. The molecule has 1 aliphatic heterocycles. The summed E-state index contributed by atoms with van der Waals surface area (Å²) in [5, 5.41) is 0. The Bertz CT molecular complexity index is 1180. The van der Waals surface area contributed by atoms with E-state index < -0.39 is 0 Å². The number of anilines is 3. The van der Waals surface area contributed by atoms with Gasteiger partial charge in [0, 0.05) is 36.7 Å². The number of ether oxygens (including phenoxy) is 1. The standard InChI is InChI=1S/C32H34N2O/c1-2-3-21-34(31-7-5-4-6-8-31)32-19-15-29(16-20-32)27-11-9-26(10-12-27)28-13-17-30(18-14-28)33-22-24-35-25-23-33/h4-20H,2-3,21-25H2,1H3. The van der Waals surface area contributed by atoms with Crippen LogP contribution in [0.5, 0.6) is 0 Å². The van der Waals surface area contributed by atoms with Crippen LogP contribution in [-0.4, -0.2) is 32.8 Å². The highest BCUT2D eigenvalue weighted by molar-refractivity contribution is 5.73. The number of nitrogens with zero attached hydrogens (tertiary/aromatic N) is 2. The minimum atomic E-state index is 0.813. The van der Waals surface area contributed by atoms with Gasteiger partial charge in [0.15, 0.2) is 0 Å². The maximum absolute atomic E-state index is 5.47. The molecule has 0 N–H and O–H groups in total. The third-order valence-corrected chi connectivity index (χ3v) is 6.78. The molecule has 0 unspecified atom stereocenters. The van der Waals surface area contributed by atoms with E-state index in [1.807, 2.05) is 0 Å². The van der Waals surface area contributed by atoms with Crippen LogP contribution in [-0.2, 0) is 4.74 Å². The van der Waals surface area contributed by atoms with Crippen molar-refractivity contribution in [1.29, 1.82) is 0 Å². The van der Waals surface area contributed by atoms with E-state index in [2.05, 4.69) is 120 Å². The molecule has 0 bridgehead atoms. The highest BCUT2D eigenvalue weighted by Gasteiger charge is 2.12. The molecule has 0 amide bonds. The first-order valence-electron chi connectivity index (χ1n) is 12.8. The highest BCUT2D eigenvalue weighted by atomic mass is 16.5. The number of para-hydroxylation sites is 1. The smallest absolute Gasteiger partial charge is 0.0642 e. The predicted octanol–water partition coefficient (Wildman–Crippen LogP) is 7.80. The number of rotatable bonds is 8. The zero-order chi connectivity index (χ0) is 23.9. The van der Waals surface area contributed by atoms with Gasteiger partial charge in [0.05, 0.1) is 13.2 Å². The van der Waals surface area contributed by atoms with Gasteiger partial charge >= 0.3 is 0 Å². The molecular weight excluding hydrogens is 428 g/mol. The quantitative estimate of drug-likeness (QED) is 0.266. The lowest BCUT2D eigenvalue weighted by atomic mass is 10.00. The molecular formula is C32H34N2O. The SMILES string of the molecule is CCCCN(c1ccccc1)c1ccc(-c2ccc(-c3ccc(N4CCOCC4)cc3)cc2)cc1. The first-order chi connectivity index (χ1) is 17.3. The van der Waals surface area contributed by atoms with Gasteiger partial charge in [-0.15, -0.1) is 0 Å². The summed E-state index contributed by atoms with van der Waals surface area (Å²) in [6.07, 6.45) is 2.36. The third-order valence-electron chi connectivity index (χ3n) is 6.78. The van der Waals surface area contributed by atoms with Gasteiger partial charge in [-0.25, -0.2) is 0 Å². The molecule has 1 fully saturated rings. The van der Waals surface area contributed by atoms with E-state index in [1.165, 1.54) is 52.2 Å². The van der Waals surface area contributed by atoms with Gasteiger partial charge in [0.25, 0.3) is 0 Å². The summed E-state index contributed by atoms with van der Waals surface area (Å²) in [5.41, 5.74) is 8.74. The fourth-order valence-electron chi connectivity index (χ4n) is 4.71. The van der Waals surface area contributed by atoms with Gasteiger partial charge in [-0.1, -0.05) is 80.1 Å². The second-order valence-electron chi connectivity index (χ2n) is 9.11. The van der Waals surface area contributed by atoms with E-state index in [0.717, 1.165) is 32.8 Å². The van der Waals surface area contributed by atoms with Gasteiger partial charge in [0.2, 0.25) is 0 Å². The largest absolute Gasteiger partial charge is 0.378 e. The molecule has 4 aromatic carbocycles. The van der Waals surface area contributed by atoms with Crippen LogP contribution in [0, 0.1) is 0 Å². The van der Waals surface area contributed by atoms with Crippen molar-refractivity contribution in [3.05, 3.63) is 103 Å². The normalized spacial score (nSPS) is 13.6. The van der Waals surface area contributed by atoms with Crippen molar-refractivity contribution in [3.63, 3.8) is 0 Å². The van der Waals surface area contributed by atoms with Gasteiger partial charge < -0.3 is 14.5 Å². The van der Waals surface area contributed by atoms with Crippen molar-refractivity contribution < 1.29 is 4.74 Å². The average Bonchev–Trinajstić information content (AvgIpc) is 2.95. The Hall–Kier alpha value is -3.56. The Labute approximate surface area is 209 Å². The topological polar surface area (TPSA) is 15.7 Å². The lowest BCUT2D eigenvalue weighted by molar-refractivity contribution is 0.122. The Morgan fingerprint density at radius 3 is 1.66 bits per heavy atom. The van der Waals surface area contributed by atoms with Gasteiger partial charge in [-0.3, -0.25) is 0 Å². The summed E-state index contributed by atoms with van der Waals surface area (Å²) in [6, 6.07) is 37.5. The van der Waals surface area contributed by atoms with Crippen LogP contribution in [0.3, 0.4) is 0 Å². The first-order valence-corrected chi connectivity index (χ1v) is 12.8. The molecule has 0 aromatic heterocycles. The molecule has 3 heteroatoms. The second kappa shape index (κ2) is 11.2. The molecule has 1 saturated heterocycles. The van der Waals surface area contributed by atoms with Crippen LogP contribution >= 0.6 is 0 Å². The van der Waals surface area contributed by atoms with Crippen LogP contribution in [0.15, 0.2) is 103 Å². The van der Waals surface area contributed by atoms with E-state index >= 15 is 0 Å². The van der Waals surface area contributed by atoms with Crippen LogP contribution in [0.4, 0.5) is 17.1 Å². The number of hydrogen-bond acceptors (Lipinski definition) is 3. The summed E-state index contributed by atoms with van der Waals surface area (Å²) in [6.45, 7) is 6.83. The third kappa shape index (κ3) is 5.58. The minimum absolute atomic E-state index is 0.813. The molecule has 5 rings (SSSR count). The van der Waals surface area contributed by atoms with Crippen molar-refractivity contribution in [2.45, 2.75) is 19.8 Å². The fourth-order valence-corrected chi connectivity index (χ4v) is 4.71. The van der Waals surface area contributed by atoms with E-state index in [9.17, 15) is 0 Å². The first kappa shape index (κ1) is 23.2. The Balaban J connectivity index is 1.30. The maximum Gasteiger partial charge on any atom is 0.0642 e. The molecule has 0 atom stereocenters. The molecule has 178 valence electrons. The van der Waals surface area contributed by atoms with Crippen molar-refractivity contribution in [2.75, 3.05) is 42.6 Å². The van der Waals surface area contributed by atoms with E-state index in [1.54, 1.807) is 0 Å². The maximum atomic E-state index is 5.47. The van der Waals surface area contributed by atoms with Crippen LogP contribution < -0.4 is 9.80 Å². The Morgan fingerprint density at radius 1 is 0.629 bits per heavy atom. The van der Waals surface area contributed by atoms with Crippen molar-refractivity contribution in [1.82, 2.24) is 0 Å². The fraction of sp³-hybridized carbons (Fsp3) is 0.250. The number of morpholine rings is 1. The Morgan fingerprint density at radius 2 is 1.11 bits per heavy atom. The van der Waals surface area contributed by atoms with E-state index in [4.69, 9.17) is 4.74 Å².